The molecule has 0 bridgehead atoms. The largest absolute Gasteiger partial charge is 0.488 e. The molecular formula is C11H17BN2O4S. The van der Waals surface area contributed by atoms with Crippen molar-refractivity contribution in [2.75, 3.05) is 37.3 Å². The minimum absolute atomic E-state index is 0.433. The van der Waals surface area contributed by atoms with Gasteiger partial charge in [0, 0.05) is 31.9 Å². The molecule has 0 aliphatic carbocycles. The first-order valence-corrected chi connectivity index (χ1v) is 7.89. The highest BCUT2D eigenvalue weighted by Gasteiger charge is 2.24. The second-order valence-corrected chi connectivity index (χ2v) is 6.60. The van der Waals surface area contributed by atoms with E-state index in [1.807, 2.05) is 11.0 Å². The monoisotopic (exact) mass is 284 g/mol. The van der Waals surface area contributed by atoms with Crippen LogP contribution in [0.15, 0.2) is 24.3 Å². The molecule has 6 nitrogen and oxygen atoms in total. The standard InChI is InChI=1S/C11H17BN2O4S/c1-19(17,18)14-7-5-13(6-8-14)11-4-2-3-10(9-11)12(15)16/h2-4,9,15-16H,5-8H2,1H3. The van der Waals surface area contributed by atoms with Gasteiger partial charge in [-0.05, 0) is 17.6 Å². The molecule has 19 heavy (non-hydrogen) atoms. The van der Waals surface area contributed by atoms with Crippen LogP contribution in [0.4, 0.5) is 5.69 Å². The quantitative estimate of drug-likeness (QED) is 0.657. The van der Waals surface area contributed by atoms with Gasteiger partial charge in [0.05, 0.1) is 6.26 Å². The maximum Gasteiger partial charge on any atom is 0.488 e. The SMILES string of the molecule is CS(=O)(=O)N1CCN(c2cccc(B(O)O)c2)CC1. The average molecular weight is 284 g/mol. The first kappa shape index (κ1) is 14.3. The summed E-state index contributed by atoms with van der Waals surface area (Å²) in [7, 11) is -4.62. The zero-order chi connectivity index (χ0) is 14.0. The molecule has 1 aliphatic heterocycles. The van der Waals surface area contributed by atoms with Crippen LogP contribution >= 0.6 is 0 Å². The molecule has 2 N–H and O–H groups in total. The number of benzene rings is 1. The third-order valence-corrected chi connectivity index (χ3v) is 4.54. The van der Waals surface area contributed by atoms with E-state index < -0.39 is 17.1 Å². The van der Waals surface area contributed by atoms with Gasteiger partial charge >= 0.3 is 7.12 Å². The van der Waals surface area contributed by atoms with E-state index in [0.29, 0.717) is 31.6 Å². The molecule has 1 aliphatic rings. The number of sulfonamides is 1. The molecule has 1 saturated heterocycles. The molecule has 1 aromatic carbocycles. The van der Waals surface area contributed by atoms with Crippen LogP contribution in [0.5, 0.6) is 0 Å². The summed E-state index contributed by atoms with van der Waals surface area (Å²) in [6.07, 6.45) is 1.21. The van der Waals surface area contributed by atoms with Gasteiger partial charge in [-0.1, -0.05) is 12.1 Å². The molecule has 1 fully saturated rings. The van der Waals surface area contributed by atoms with Crippen LogP contribution in [0.1, 0.15) is 0 Å². The van der Waals surface area contributed by atoms with E-state index >= 15 is 0 Å². The number of anilines is 1. The van der Waals surface area contributed by atoms with Gasteiger partial charge in [-0.3, -0.25) is 0 Å². The fourth-order valence-electron chi connectivity index (χ4n) is 2.16. The van der Waals surface area contributed by atoms with Gasteiger partial charge in [-0.15, -0.1) is 0 Å². The second-order valence-electron chi connectivity index (χ2n) is 4.62. The van der Waals surface area contributed by atoms with Crippen molar-refractivity contribution in [3.05, 3.63) is 24.3 Å². The normalized spacial score (nSPS) is 17.5. The van der Waals surface area contributed by atoms with E-state index in [-0.39, 0.29) is 0 Å². The van der Waals surface area contributed by atoms with Gasteiger partial charge in [0.1, 0.15) is 0 Å². The number of nitrogens with zero attached hydrogens (tertiary/aromatic N) is 2. The van der Waals surface area contributed by atoms with Crippen LogP contribution in [0.3, 0.4) is 0 Å². The van der Waals surface area contributed by atoms with Gasteiger partial charge in [-0.2, -0.15) is 4.31 Å². The Bertz CT molecular complexity index is 541. The van der Waals surface area contributed by atoms with Crippen molar-refractivity contribution < 1.29 is 18.5 Å². The summed E-state index contributed by atoms with van der Waals surface area (Å²) >= 11 is 0. The van der Waals surface area contributed by atoms with Gasteiger partial charge in [0.25, 0.3) is 0 Å². The summed E-state index contributed by atoms with van der Waals surface area (Å²) in [4.78, 5) is 2.04. The van der Waals surface area contributed by atoms with E-state index in [1.165, 1.54) is 10.6 Å². The summed E-state index contributed by atoms with van der Waals surface area (Å²) in [6, 6.07) is 6.98. The number of piperazine rings is 1. The minimum Gasteiger partial charge on any atom is -0.423 e. The molecule has 0 spiro atoms. The Kier molecular flexibility index (Phi) is 4.15. The Hall–Kier alpha value is -1.09. The molecule has 2 rings (SSSR count). The Balaban J connectivity index is 2.07. The lowest BCUT2D eigenvalue weighted by Gasteiger charge is -2.34. The third-order valence-electron chi connectivity index (χ3n) is 3.24. The molecule has 0 unspecified atom stereocenters. The van der Waals surface area contributed by atoms with Crippen LogP contribution in [0, 0.1) is 0 Å². The fourth-order valence-corrected chi connectivity index (χ4v) is 2.99. The fraction of sp³-hybridized carbons (Fsp3) is 0.455. The van der Waals surface area contributed by atoms with E-state index in [9.17, 15) is 8.42 Å². The highest BCUT2D eigenvalue weighted by molar-refractivity contribution is 7.88. The average Bonchev–Trinajstić information content (AvgIpc) is 2.38. The summed E-state index contributed by atoms with van der Waals surface area (Å²) in [6.45, 7) is 2.09. The molecule has 0 radical (unpaired) electrons. The highest BCUT2D eigenvalue weighted by atomic mass is 32.2. The topological polar surface area (TPSA) is 81.1 Å². The zero-order valence-corrected chi connectivity index (χ0v) is 11.5. The van der Waals surface area contributed by atoms with Crippen molar-refractivity contribution in [2.24, 2.45) is 0 Å². The first-order valence-electron chi connectivity index (χ1n) is 6.04. The Morgan fingerprint density at radius 1 is 1.16 bits per heavy atom. The third kappa shape index (κ3) is 3.47. The second kappa shape index (κ2) is 5.50. The maximum absolute atomic E-state index is 11.4. The molecular weight excluding hydrogens is 267 g/mol. The number of rotatable bonds is 3. The van der Waals surface area contributed by atoms with Crippen LogP contribution in [0.2, 0.25) is 0 Å². The molecule has 0 atom stereocenters. The summed E-state index contributed by atoms with van der Waals surface area (Å²) in [5, 5.41) is 18.3. The lowest BCUT2D eigenvalue weighted by atomic mass is 9.80. The van der Waals surface area contributed by atoms with Crippen LogP contribution < -0.4 is 10.4 Å². The number of hydrogen-bond donors (Lipinski definition) is 2. The predicted molar refractivity (Wildman–Crippen MR) is 74.9 cm³/mol. The van der Waals surface area contributed by atoms with E-state index in [0.717, 1.165) is 5.69 Å². The molecule has 0 aromatic heterocycles. The van der Waals surface area contributed by atoms with Gasteiger partial charge in [0.15, 0.2) is 0 Å². The van der Waals surface area contributed by atoms with Crippen LogP contribution in [0.25, 0.3) is 0 Å². The van der Waals surface area contributed by atoms with E-state index in [4.69, 9.17) is 10.0 Å². The van der Waals surface area contributed by atoms with Gasteiger partial charge in [0.2, 0.25) is 10.0 Å². The Labute approximate surface area is 113 Å². The molecule has 0 saturated carbocycles. The lowest BCUT2D eigenvalue weighted by Crippen LogP contribution is -2.48. The maximum atomic E-state index is 11.4. The van der Waals surface area contributed by atoms with Crippen molar-refractivity contribution in [1.29, 1.82) is 0 Å². The molecule has 104 valence electrons. The highest BCUT2D eigenvalue weighted by Crippen LogP contribution is 2.16. The minimum atomic E-state index is -3.13. The molecule has 1 heterocycles. The summed E-state index contributed by atoms with van der Waals surface area (Å²) < 4.78 is 24.3. The van der Waals surface area contributed by atoms with Crippen molar-refractivity contribution in [1.82, 2.24) is 4.31 Å². The van der Waals surface area contributed by atoms with Crippen molar-refractivity contribution >= 4 is 28.3 Å². The molecule has 0 amide bonds. The molecule has 1 aromatic rings. The first-order chi connectivity index (χ1) is 8.88. The van der Waals surface area contributed by atoms with E-state index in [2.05, 4.69) is 0 Å². The predicted octanol–water partition coefficient (Wildman–Crippen LogP) is -1.55. The van der Waals surface area contributed by atoms with Crippen LogP contribution in [-0.4, -0.2) is 62.3 Å². The van der Waals surface area contributed by atoms with Crippen molar-refractivity contribution in [2.45, 2.75) is 0 Å². The zero-order valence-electron chi connectivity index (χ0n) is 10.7. The molecule has 8 heteroatoms. The summed E-state index contributed by atoms with van der Waals surface area (Å²) in [5.74, 6) is 0. The van der Waals surface area contributed by atoms with Gasteiger partial charge < -0.3 is 14.9 Å². The lowest BCUT2D eigenvalue weighted by molar-refractivity contribution is 0.388. The van der Waals surface area contributed by atoms with Crippen molar-refractivity contribution in [3.8, 4) is 0 Å². The van der Waals surface area contributed by atoms with Crippen molar-refractivity contribution in [3.63, 3.8) is 0 Å². The van der Waals surface area contributed by atoms with Crippen LogP contribution in [-0.2, 0) is 10.0 Å². The smallest absolute Gasteiger partial charge is 0.423 e. The number of hydrogen-bond acceptors (Lipinski definition) is 5. The van der Waals surface area contributed by atoms with Gasteiger partial charge in [-0.25, -0.2) is 8.42 Å². The summed E-state index contributed by atoms with van der Waals surface area (Å²) in [5.41, 5.74) is 1.31. The Morgan fingerprint density at radius 3 is 2.32 bits per heavy atom. The Morgan fingerprint density at radius 2 is 1.79 bits per heavy atom. The van der Waals surface area contributed by atoms with E-state index in [1.54, 1.807) is 18.2 Å².